The Bertz CT molecular complexity index is 256. The lowest BCUT2D eigenvalue weighted by molar-refractivity contribution is -0.130. The van der Waals surface area contributed by atoms with Crippen molar-refractivity contribution in [1.29, 1.82) is 0 Å². The van der Waals surface area contributed by atoms with Crippen LogP contribution in [0.3, 0.4) is 0 Å². The summed E-state index contributed by atoms with van der Waals surface area (Å²) in [4.78, 5) is 13.1. The Morgan fingerprint density at radius 1 is 1.69 bits per heavy atom. The Kier molecular flexibility index (Phi) is 3.49. The van der Waals surface area contributed by atoms with Crippen LogP contribution in [0.25, 0.3) is 0 Å². The molecule has 1 amide bonds. The zero-order chi connectivity index (χ0) is 9.68. The minimum absolute atomic E-state index is 0.184. The van der Waals surface area contributed by atoms with Crippen molar-refractivity contribution < 1.29 is 4.79 Å². The van der Waals surface area contributed by atoms with Crippen molar-refractivity contribution in [3.05, 3.63) is 18.0 Å². The van der Waals surface area contributed by atoms with Gasteiger partial charge in [-0.25, -0.2) is 0 Å². The summed E-state index contributed by atoms with van der Waals surface area (Å²) in [6.07, 6.45) is 5.05. The second-order valence-corrected chi connectivity index (χ2v) is 3.11. The van der Waals surface area contributed by atoms with E-state index in [1.54, 1.807) is 17.3 Å². The number of aromatic nitrogens is 2. The molecule has 0 aliphatic rings. The third-order valence-corrected chi connectivity index (χ3v) is 1.86. The van der Waals surface area contributed by atoms with Crippen LogP contribution in [0.4, 0.5) is 0 Å². The second kappa shape index (κ2) is 4.64. The van der Waals surface area contributed by atoms with E-state index in [-0.39, 0.29) is 5.91 Å². The van der Waals surface area contributed by atoms with Gasteiger partial charge in [0.05, 0.1) is 6.20 Å². The number of amides is 1. The maximum absolute atomic E-state index is 11.4. The van der Waals surface area contributed by atoms with Crippen molar-refractivity contribution in [2.75, 3.05) is 7.05 Å². The molecule has 0 aromatic carbocycles. The standard InChI is InChI=1S/C9H15N3O/c1-3-4-9(13)12(2)7-8-5-10-11-6-8/h5-6H,3-4,7H2,1-2H3,(H,10,11). The lowest BCUT2D eigenvalue weighted by atomic mass is 10.3. The van der Waals surface area contributed by atoms with Gasteiger partial charge in [0.15, 0.2) is 0 Å². The normalized spacial score (nSPS) is 10.0. The van der Waals surface area contributed by atoms with Gasteiger partial charge in [0, 0.05) is 31.8 Å². The highest BCUT2D eigenvalue weighted by molar-refractivity contribution is 5.75. The number of rotatable bonds is 4. The van der Waals surface area contributed by atoms with E-state index in [9.17, 15) is 4.79 Å². The molecule has 0 fully saturated rings. The van der Waals surface area contributed by atoms with Crippen LogP contribution in [0.1, 0.15) is 25.3 Å². The first-order chi connectivity index (χ1) is 6.24. The molecule has 1 aromatic heterocycles. The van der Waals surface area contributed by atoms with Gasteiger partial charge in [0.1, 0.15) is 0 Å². The first-order valence-corrected chi connectivity index (χ1v) is 4.45. The SMILES string of the molecule is CCCC(=O)N(C)Cc1cn[nH]c1. The highest BCUT2D eigenvalue weighted by Crippen LogP contribution is 2.02. The van der Waals surface area contributed by atoms with Crippen LogP contribution in [-0.2, 0) is 11.3 Å². The first-order valence-electron chi connectivity index (χ1n) is 4.45. The second-order valence-electron chi connectivity index (χ2n) is 3.11. The summed E-state index contributed by atoms with van der Waals surface area (Å²) in [5.41, 5.74) is 1.03. The minimum atomic E-state index is 0.184. The van der Waals surface area contributed by atoms with Crippen molar-refractivity contribution in [2.24, 2.45) is 0 Å². The molecule has 1 aromatic rings. The molecular weight excluding hydrogens is 166 g/mol. The summed E-state index contributed by atoms with van der Waals surface area (Å²) < 4.78 is 0. The summed E-state index contributed by atoms with van der Waals surface area (Å²) in [5.74, 6) is 0.184. The summed E-state index contributed by atoms with van der Waals surface area (Å²) in [7, 11) is 1.81. The van der Waals surface area contributed by atoms with E-state index in [1.807, 2.05) is 14.0 Å². The monoisotopic (exact) mass is 181 g/mol. The van der Waals surface area contributed by atoms with E-state index in [1.165, 1.54) is 0 Å². The number of nitrogens with one attached hydrogen (secondary N) is 1. The number of carbonyl (C=O) groups is 1. The number of H-pyrrole nitrogens is 1. The highest BCUT2D eigenvalue weighted by atomic mass is 16.2. The fourth-order valence-electron chi connectivity index (χ4n) is 1.13. The van der Waals surface area contributed by atoms with Gasteiger partial charge in [-0.15, -0.1) is 0 Å². The molecule has 0 spiro atoms. The van der Waals surface area contributed by atoms with Crippen LogP contribution >= 0.6 is 0 Å². The molecule has 0 saturated heterocycles. The van der Waals surface area contributed by atoms with Gasteiger partial charge in [0.2, 0.25) is 5.91 Å². The van der Waals surface area contributed by atoms with Crippen molar-refractivity contribution in [3.8, 4) is 0 Å². The van der Waals surface area contributed by atoms with Gasteiger partial charge >= 0.3 is 0 Å². The van der Waals surface area contributed by atoms with Crippen molar-refractivity contribution >= 4 is 5.91 Å². The van der Waals surface area contributed by atoms with Crippen molar-refractivity contribution in [1.82, 2.24) is 15.1 Å². The average Bonchev–Trinajstić information content (AvgIpc) is 2.57. The van der Waals surface area contributed by atoms with Gasteiger partial charge in [0.25, 0.3) is 0 Å². The predicted octanol–water partition coefficient (Wildman–Crippen LogP) is 1.17. The van der Waals surface area contributed by atoms with Gasteiger partial charge in [-0.1, -0.05) is 6.92 Å². The highest BCUT2D eigenvalue weighted by Gasteiger charge is 2.07. The molecule has 0 saturated carbocycles. The van der Waals surface area contributed by atoms with E-state index in [0.717, 1.165) is 12.0 Å². The van der Waals surface area contributed by atoms with E-state index in [0.29, 0.717) is 13.0 Å². The summed E-state index contributed by atoms with van der Waals surface area (Å²) in [6.45, 7) is 2.64. The van der Waals surface area contributed by atoms with Crippen LogP contribution in [-0.4, -0.2) is 28.1 Å². The molecule has 4 heteroatoms. The topological polar surface area (TPSA) is 49.0 Å². The summed E-state index contributed by atoms with van der Waals surface area (Å²) in [5, 5.41) is 6.54. The first kappa shape index (κ1) is 9.77. The van der Waals surface area contributed by atoms with Gasteiger partial charge in [-0.3, -0.25) is 9.89 Å². The molecule has 72 valence electrons. The molecule has 0 unspecified atom stereocenters. The summed E-state index contributed by atoms with van der Waals surface area (Å²) >= 11 is 0. The predicted molar refractivity (Wildman–Crippen MR) is 50.0 cm³/mol. The van der Waals surface area contributed by atoms with Gasteiger partial charge < -0.3 is 4.90 Å². The maximum atomic E-state index is 11.4. The largest absolute Gasteiger partial charge is 0.341 e. The molecule has 1 N–H and O–H groups in total. The zero-order valence-electron chi connectivity index (χ0n) is 8.08. The lowest BCUT2D eigenvalue weighted by Crippen LogP contribution is -2.25. The Labute approximate surface area is 77.9 Å². The third kappa shape index (κ3) is 2.89. The van der Waals surface area contributed by atoms with E-state index in [4.69, 9.17) is 0 Å². The van der Waals surface area contributed by atoms with Gasteiger partial charge in [-0.05, 0) is 6.42 Å². The molecule has 0 aliphatic carbocycles. The number of aromatic amines is 1. The number of carbonyl (C=O) groups excluding carboxylic acids is 1. The van der Waals surface area contributed by atoms with Crippen LogP contribution in [0.15, 0.2) is 12.4 Å². The Balaban J connectivity index is 2.41. The minimum Gasteiger partial charge on any atom is -0.341 e. The Morgan fingerprint density at radius 2 is 2.46 bits per heavy atom. The molecule has 1 heterocycles. The molecule has 0 bridgehead atoms. The van der Waals surface area contributed by atoms with E-state index < -0.39 is 0 Å². The zero-order valence-corrected chi connectivity index (χ0v) is 8.08. The molecule has 1 rings (SSSR count). The van der Waals surface area contributed by atoms with Crippen LogP contribution in [0.5, 0.6) is 0 Å². The molecule has 0 radical (unpaired) electrons. The van der Waals surface area contributed by atoms with Crippen molar-refractivity contribution in [2.45, 2.75) is 26.3 Å². The quantitative estimate of drug-likeness (QED) is 0.758. The Hall–Kier alpha value is -1.32. The molecule has 4 nitrogen and oxygen atoms in total. The number of nitrogens with zero attached hydrogens (tertiary/aromatic N) is 2. The molecule has 0 aliphatic heterocycles. The Morgan fingerprint density at radius 3 is 3.00 bits per heavy atom. The van der Waals surface area contributed by atoms with Crippen molar-refractivity contribution in [3.63, 3.8) is 0 Å². The van der Waals surface area contributed by atoms with E-state index >= 15 is 0 Å². The number of hydrogen-bond donors (Lipinski definition) is 1. The third-order valence-electron chi connectivity index (χ3n) is 1.86. The fraction of sp³-hybridized carbons (Fsp3) is 0.556. The van der Waals surface area contributed by atoms with E-state index in [2.05, 4.69) is 10.2 Å². The maximum Gasteiger partial charge on any atom is 0.222 e. The average molecular weight is 181 g/mol. The number of hydrogen-bond acceptors (Lipinski definition) is 2. The molecule has 13 heavy (non-hydrogen) atoms. The van der Waals surface area contributed by atoms with Crippen LogP contribution in [0.2, 0.25) is 0 Å². The molecule has 0 atom stereocenters. The van der Waals surface area contributed by atoms with Gasteiger partial charge in [-0.2, -0.15) is 5.10 Å². The van der Waals surface area contributed by atoms with Crippen LogP contribution < -0.4 is 0 Å². The molecular formula is C9H15N3O. The fourth-order valence-corrected chi connectivity index (χ4v) is 1.13. The van der Waals surface area contributed by atoms with Crippen LogP contribution in [0, 0.1) is 0 Å². The smallest absolute Gasteiger partial charge is 0.222 e. The summed E-state index contributed by atoms with van der Waals surface area (Å²) in [6, 6.07) is 0. The lowest BCUT2D eigenvalue weighted by Gasteiger charge is -2.15.